The normalized spacial score (nSPS) is 9.79. The number of rotatable bonds is 2. The maximum atomic E-state index is 8.89. The molecule has 0 fully saturated rings. The third-order valence-electron chi connectivity index (χ3n) is 2.13. The molecule has 2 nitrogen and oxygen atoms in total. The van der Waals surface area contributed by atoms with E-state index < -0.39 is 0 Å². The van der Waals surface area contributed by atoms with Crippen LogP contribution in [0.2, 0.25) is 0 Å². The second kappa shape index (κ2) is 4.07. The predicted molar refractivity (Wildman–Crippen MR) is 58.7 cm³/mol. The summed E-state index contributed by atoms with van der Waals surface area (Å²) < 4.78 is 0. The van der Waals surface area contributed by atoms with E-state index in [1.807, 2.05) is 42.6 Å². The van der Waals surface area contributed by atoms with Crippen LogP contribution < -0.4 is 5.46 Å². The Morgan fingerprint density at radius 2 is 1.79 bits per heavy atom. The van der Waals surface area contributed by atoms with Crippen molar-refractivity contribution in [2.75, 3.05) is 0 Å². The monoisotopic (exact) mass is 183 g/mol. The molecular weight excluding hydrogens is 173 g/mol. The molecule has 1 N–H and O–H groups in total. The fraction of sp³-hybridized carbons (Fsp3) is 0. The van der Waals surface area contributed by atoms with E-state index in [4.69, 9.17) is 5.02 Å². The van der Waals surface area contributed by atoms with Crippen molar-refractivity contribution in [1.29, 1.82) is 0 Å². The molecule has 0 unspecified atom stereocenters. The van der Waals surface area contributed by atoms with Crippen LogP contribution in [0.1, 0.15) is 0 Å². The average Bonchev–Trinajstić information content (AvgIpc) is 2.30. The van der Waals surface area contributed by atoms with Crippen molar-refractivity contribution < 1.29 is 5.02 Å². The van der Waals surface area contributed by atoms with E-state index in [2.05, 4.69) is 4.98 Å². The number of hydrogen-bond donors (Lipinski definition) is 1. The largest absolute Gasteiger partial charge is 0.449 e. The molecule has 1 aromatic heterocycles. The molecule has 0 saturated carbocycles. The van der Waals surface area contributed by atoms with Gasteiger partial charge in [-0.1, -0.05) is 35.8 Å². The molecule has 3 heteroatoms. The topological polar surface area (TPSA) is 33.1 Å². The molecule has 68 valence electrons. The molecular formula is C11H10BNO. The van der Waals surface area contributed by atoms with Crippen molar-refractivity contribution in [3.8, 4) is 11.1 Å². The van der Waals surface area contributed by atoms with Gasteiger partial charge in [0.25, 0.3) is 0 Å². The van der Waals surface area contributed by atoms with Gasteiger partial charge in [0.15, 0.2) is 0 Å². The van der Waals surface area contributed by atoms with Crippen molar-refractivity contribution in [3.05, 3.63) is 48.8 Å². The van der Waals surface area contributed by atoms with Gasteiger partial charge in [0.05, 0.1) is 0 Å². The molecule has 0 aliphatic carbocycles. The summed E-state index contributed by atoms with van der Waals surface area (Å²) in [5.41, 5.74) is 3.14. The minimum absolute atomic E-state index is 0.0906. The van der Waals surface area contributed by atoms with Gasteiger partial charge in [-0.05, 0) is 17.2 Å². The van der Waals surface area contributed by atoms with Crippen LogP contribution in [0.15, 0.2) is 48.8 Å². The number of hydrogen-bond acceptors (Lipinski definition) is 2. The summed E-state index contributed by atoms with van der Waals surface area (Å²) in [6.45, 7) is 0. The molecule has 0 saturated heterocycles. The number of aromatic nitrogens is 1. The van der Waals surface area contributed by atoms with Gasteiger partial charge < -0.3 is 5.02 Å². The summed E-state index contributed by atoms with van der Waals surface area (Å²) >= 11 is 0. The fourth-order valence-corrected chi connectivity index (χ4v) is 1.34. The van der Waals surface area contributed by atoms with Gasteiger partial charge in [0, 0.05) is 12.4 Å². The molecule has 1 heterocycles. The summed E-state index contributed by atoms with van der Waals surface area (Å²) in [4.78, 5) is 4.05. The standard InChI is InChI=1S/C11H10BNO/c14-12-11-5-3-9(4-6-11)10-2-1-7-13-8-10/h1-8,12,14H. The Morgan fingerprint density at radius 3 is 2.36 bits per heavy atom. The minimum Gasteiger partial charge on any atom is -0.449 e. The van der Waals surface area contributed by atoms with E-state index >= 15 is 0 Å². The van der Waals surface area contributed by atoms with Crippen LogP contribution in [0.3, 0.4) is 0 Å². The van der Waals surface area contributed by atoms with E-state index in [0.29, 0.717) is 0 Å². The summed E-state index contributed by atoms with van der Waals surface area (Å²) in [5, 5.41) is 8.89. The highest BCUT2D eigenvalue weighted by Crippen LogP contribution is 2.15. The summed E-state index contributed by atoms with van der Waals surface area (Å²) in [6.07, 6.45) is 3.58. The van der Waals surface area contributed by atoms with E-state index in [1.165, 1.54) is 0 Å². The maximum Gasteiger partial charge on any atom is 0.304 e. The zero-order valence-corrected chi connectivity index (χ0v) is 7.72. The molecule has 0 spiro atoms. The van der Waals surface area contributed by atoms with Crippen molar-refractivity contribution >= 4 is 12.9 Å². The molecule has 0 amide bonds. The SMILES string of the molecule is OBc1ccc(-c2cccnc2)cc1. The lowest BCUT2D eigenvalue weighted by Gasteiger charge is -2.01. The first-order valence-corrected chi connectivity index (χ1v) is 4.50. The molecule has 14 heavy (non-hydrogen) atoms. The first-order chi connectivity index (χ1) is 6.90. The highest BCUT2D eigenvalue weighted by Gasteiger charge is 1.97. The average molecular weight is 183 g/mol. The number of pyridine rings is 1. The zero-order chi connectivity index (χ0) is 9.80. The third kappa shape index (κ3) is 1.83. The number of nitrogens with zero attached hydrogens (tertiary/aromatic N) is 1. The van der Waals surface area contributed by atoms with Crippen molar-refractivity contribution in [1.82, 2.24) is 4.98 Å². The van der Waals surface area contributed by atoms with Gasteiger partial charge in [-0.25, -0.2) is 0 Å². The second-order valence-corrected chi connectivity index (χ2v) is 3.10. The minimum atomic E-state index is 0.0906. The van der Waals surface area contributed by atoms with Gasteiger partial charge in [0.2, 0.25) is 0 Å². The molecule has 1 aromatic carbocycles. The lowest BCUT2D eigenvalue weighted by Crippen LogP contribution is -2.11. The number of benzene rings is 1. The summed E-state index contributed by atoms with van der Waals surface area (Å²) in [7, 11) is 0.0906. The molecule has 0 bridgehead atoms. The first kappa shape index (κ1) is 8.97. The van der Waals surface area contributed by atoms with Gasteiger partial charge in [-0.3, -0.25) is 4.98 Å². The summed E-state index contributed by atoms with van der Waals surface area (Å²) in [5.74, 6) is 0. The maximum absolute atomic E-state index is 8.89. The lowest BCUT2D eigenvalue weighted by atomic mass is 9.88. The van der Waals surface area contributed by atoms with Crippen LogP contribution in [0.5, 0.6) is 0 Å². The van der Waals surface area contributed by atoms with E-state index in [9.17, 15) is 0 Å². The summed E-state index contributed by atoms with van der Waals surface area (Å²) in [6, 6.07) is 11.7. The van der Waals surface area contributed by atoms with E-state index in [0.717, 1.165) is 16.6 Å². The Balaban J connectivity index is 2.34. The van der Waals surface area contributed by atoms with Crippen LogP contribution in [0, 0.1) is 0 Å². The zero-order valence-electron chi connectivity index (χ0n) is 7.72. The first-order valence-electron chi connectivity index (χ1n) is 4.50. The van der Waals surface area contributed by atoms with Crippen LogP contribution >= 0.6 is 0 Å². The van der Waals surface area contributed by atoms with Gasteiger partial charge in [-0.15, -0.1) is 0 Å². The lowest BCUT2D eigenvalue weighted by molar-refractivity contribution is 0.615. The third-order valence-corrected chi connectivity index (χ3v) is 2.13. The van der Waals surface area contributed by atoms with Crippen LogP contribution in [-0.4, -0.2) is 17.5 Å². The van der Waals surface area contributed by atoms with Gasteiger partial charge in [0.1, 0.15) is 0 Å². The van der Waals surface area contributed by atoms with Crippen molar-refractivity contribution in [2.24, 2.45) is 0 Å². The fourth-order valence-electron chi connectivity index (χ4n) is 1.34. The molecule has 0 aliphatic heterocycles. The molecule has 0 aliphatic rings. The second-order valence-electron chi connectivity index (χ2n) is 3.10. The van der Waals surface area contributed by atoms with Crippen LogP contribution in [0.4, 0.5) is 0 Å². The molecule has 0 atom stereocenters. The van der Waals surface area contributed by atoms with Gasteiger partial charge in [-0.2, -0.15) is 0 Å². The molecule has 0 radical (unpaired) electrons. The molecule has 2 aromatic rings. The van der Waals surface area contributed by atoms with E-state index in [-0.39, 0.29) is 7.48 Å². The van der Waals surface area contributed by atoms with Crippen LogP contribution in [0.25, 0.3) is 11.1 Å². The highest BCUT2D eigenvalue weighted by molar-refractivity contribution is 6.45. The Hall–Kier alpha value is -1.61. The molecule has 2 rings (SSSR count). The smallest absolute Gasteiger partial charge is 0.304 e. The highest BCUT2D eigenvalue weighted by atomic mass is 16.2. The van der Waals surface area contributed by atoms with Crippen molar-refractivity contribution in [2.45, 2.75) is 0 Å². The van der Waals surface area contributed by atoms with Crippen LogP contribution in [-0.2, 0) is 0 Å². The van der Waals surface area contributed by atoms with Crippen molar-refractivity contribution in [3.63, 3.8) is 0 Å². The quantitative estimate of drug-likeness (QED) is 0.695. The Bertz CT molecular complexity index is 399. The Labute approximate surface area is 83.5 Å². The Morgan fingerprint density at radius 1 is 1.00 bits per heavy atom. The van der Waals surface area contributed by atoms with E-state index in [1.54, 1.807) is 6.20 Å². The van der Waals surface area contributed by atoms with Gasteiger partial charge >= 0.3 is 7.48 Å². The Kier molecular flexibility index (Phi) is 2.61. The predicted octanol–water partition coefficient (Wildman–Crippen LogP) is 0.718.